The Bertz CT molecular complexity index is 1230. The number of amides is 1. The number of aryl methyl sites for hydroxylation is 3. The molecule has 0 unspecified atom stereocenters. The molecule has 2 heterocycles. The summed E-state index contributed by atoms with van der Waals surface area (Å²) in [5, 5.41) is 13.7. The number of fused-ring (bicyclic) bond motifs is 4. The van der Waals surface area contributed by atoms with Crippen molar-refractivity contribution >= 4 is 39.9 Å². The maximum Gasteiger partial charge on any atom is 0.225 e. The summed E-state index contributed by atoms with van der Waals surface area (Å²) in [7, 11) is 0. The van der Waals surface area contributed by atoms with Crippen LogP contribution in [0.2, 0.25) is 0 Å². The van der Waals surface area contributed by atoms with E-state index >= 15 is 0 Å². The van der Waals surface area contributed by atoms with Crippen molar-refractivity contribution in [2.75, 3.05) is 11.1 Å². The molecule has 6 heteroatoms. The minimum absolute atomic E-state index is 0.0324. The average Bonchev–Trinajstić information content (AvgIpc) is 3.35. The summed E-state index contributed by atoms with van der Waals surface area (Å²) in [6.07, 6.45) is 3.91. The van der Waals surface area contributed by atoms with Crippen LogP contribution in [0.3, 0.4) is 0 Å². The average molecular weight is 403 g/mol. The van der Waals surface area contributed by atoms with Crippen LogP contribution in [0.5, 0.6) is 0 Å². The van der Waals surface area contributed by atoms with Gasteiger partial charge in [-0.15, -0.1) is 10.2 Å². The van der Waals surface area contributed by atoms with Crippen LogP contribution in [0.4, 0.5) is 5.69 Å². The molecule has 0 spiro atoms. The zero-order valence-electron chi connectivity index (χ0n) is 16.3. The van der Waals surface area contributed by atoms with Crippen molar-refractivity contribution < 1.29 is 4.79 Å². The molecule has 2 aromatic heterocycles. The van der Waals surface area contributed by atoms with Crippen molar-refractivity contribution in [3.63, 3.8) is 0 Å². The summed E-state index contributed by atoms with van der Waals surface area (Å²) in [5.41, 5.74) is 6.80. The normalized spacial score (nSPS) is 13.1. The molecule has 5 nitrogen and oxygen atoms in total. The Morgan fingerprint density at radius 2 is 1.97 bits per heavy atom. The first-order valence-electron chi connectivity index (χ1n) is 9.97. The SMILES string of the molecule is Cc1cc2nnc(SCCC(=O)Nc3ccc4c(c3)CCC4)n2c2ccccc12. The van der Waals surface area contributed by atoms with Crippen LogP contribution in [0.25, 0.3) is 16.6 Å². The molecule has 0 aliphatic heterocycles. The second-order valence-corrected chi connectivity index (χ2v) is 8.57. The van der Waals surface area contributed by atoms with Crippen molar-refractivity contribution in [1.82, 2.24) is 14.6 Å². The van der Waals surface area contributed by atoms with Gasteiger partial charge in [0.25, 0.3) is 0 Å². The van der Waals surface area contributed by atoms with Gasteiger partial charge in [0, 0.05) is 23.2 Å². The number of nitrogens with one attached hydrogen (secondary N) is 1. The lowest BCUT2D eigenvalue weighted by atomic mass is 10.1. The van der Waals surface area contributed by atoms with Crippen LogP contribution in [0.1, 0.15) is 29.5 Å². The molecule has 1 aliphatic carbocycles. The molecule has 0 radical (unpaired) electrons. The molecule has 2 aromatic carbocycles. The van der Waals surface area contributed by atoms with E-state index in [0.717, 1.165) is 34.8 Å². The number of carbonyl (C=O) groups excluding carboxylic acids is 1. The number of aromatic nitrogens is 3. The molecule has 0 fully saturated rings. The molecule has 1 aliphatic rings. The van der Waals surface area contributed by atoms with Gasteiger partial charge >= 0.3 is 0 Å². The molecule has 1 N–H and O–H groups in total. The highest BCUT2D eigenvalue weighted by molar-refractivity contribution is 7.99. The van der Waals surface area contributed by atoms with Crippen molar-refractivity contribution in [3.8, 4) is 0 Å². The van der Waals surface area contributed by atoms with Crippen LogP contribution in [0, 0.1) is 6.92 Å². The number of pyridine rings is 1. The summed E-state index contributed by atoms with van der Waals surface area (Å²) in [6.45, 7) is 2.09. The predicted octanol–water partition coefficient (Wildman–Crippen LogP) is 4.80. The summed E-state index contributed by atoms with van der Waals surface area (Å²) in [5.74, 6) is 0.685. The number of nitrogens with zero attached hydrogens (tertiary/aromatic N) is 3. The third-order valence-electron chi connectivity index (χ3n) is 5.52. The van der Waals surface area contributed by atoms with Gasteiger partial charge in [-0.2, -0.15) is 0 Å². The van der Waals surface area contributed by atoms with E-state index < -0.39 is 0 Å². The second-order valence-electron chi connectivity index (χ2n) is 7.50. The fourth-order valence-electron chi connectivity index (χ4n) is 4.08. The minimum atomic E-state index is 0.0324. The van der Waals surface area contributed by atoms with Gasteiger partial charge in [0.05, 0.1) is 5.52 Å². The summed E-state index contributed by atoms with van der Waals surface area (Å²) in [6, 6.07) is 16.6. The van der Waals surface area contributed by atoms with Gasteiger partial charge in [-0.1, -0.05) is 36.0 Å². The highest BCUT2D eigenvalue weighted by atomic mass is 32.2. The van der Waals surface area contributed by atoms with E-state index in [1.54, 1.807) is 11.8 Å². The van der Waals surface area contributed by atoms with E-state index in [9.17, 15) is 4.79 Å². The lowest BCUT2D eigenvalue weighted by Crippen LogP contribution is -2.12. The first kappa shape index (κ1) is 18.2. The number of para-hydroxylation sites is 1. The van der Waals surface area contributed by atoms with Crippen LogP contribution in [0.15, 0.2) is 53.7 Å². The Morgan fingerprint density at radius 1 is 1.10 bits per heavy atom. The fraction of sp³-hybridized carbons (Fsp3) is 0.261. The van der Waals surface area contributed by atoms with Gasteiger partial charge in [0.1, 0.15) is 0 Å². The van der Waals surface area contributed by atoms with Gasteiger partial charge in [-0.05, 0) is 67.1 Å². The van der Waals surface area contributed by atoms with E-state index in [0.29, 0.717) is 12.2 Å². The quantitative estimate of drug-likeness (QED) is 0.487. The number of anilines is 1. The first-order chi connectivity index (χ1) is 14.2. The maximum atomic E-state index is 12.4. The van der Waals surface area contributed by atoms with Crippen LogP contribution < -0.4 is 5.32 Å². The van der Waals surface area contributed by atoms with Crippen molar-refractivity contribution in [2.45, 2.75) is 37.8 Å². The number of hydrogen-bond acceptors (Lipinski definition) is 4. The molecule has 0 saturated heterocycles. The highest BCUT2D eigenvalue weighted by Crippen LogP contribution is 2.27. The van der Waals surface area contributed by atoms with E-state index in [1.807, 2.05) is 18.2 Å². The molecular weight excluding hydrogens is 380 g/mol. The lowest BCUT2D eigenvalue weighted by molar-refractivity contribution is -0.115. The number of rotatable bonds is 5. The third kappa shape index (κ3) is 3.49. The highest BCUT2D eigenvalue weighted by Gasteiger charge is 2.14. The zero-order valence-corrected chi connectivity index (χ0v) is 17.1. The summed E-state index contributed by atoms with van der Waals surface area (Å²) < 4.78 is 2.07. The molecule has 0 saturated carbocycles. The van der Waals surface area contributed by atoms with Gasteiger partial charge in [-0.25, -0.2) is 0 Å². The molecule has 1 amide bonds. The van der Waals surface area contributed by atoms with Crippen molar-refractivity contribution in [2.24, 2.45) is 0 Å². The van der Waals surface area contributed by atoms with Gasteiger partial charge < -0.3 is 5.32 Å². The number of hydrogen-bond donors (Lipinski definition) is 1. The monoisotopic (exact) mass is 402 g/mol. The predicted molar refractivity (Wildman–Crippen MR) is 118 cm³/mol. The van der Waals surface area contributed by atoms with Crippen molar-refractivity contribution in [3.05, 3.63) is 65.2 Å². The van der Waals surface area contributed by atoms with E-state index in [2.05, 4.69) is 57.2 Å². The van der Waals surface area contributed by atoms with E-state index in [4.69, 9.17) is 0 Å². The zero-order chi connectivity index (χ0) is 19.8. The fourth-order valence-corrected chi connectivity index (χ4v) is 4.97. The Hall–Kier alpha value is -2.86. The smallest absolute Gasteiger partial charge is 0.225 e. The molecule has 0 atom stereocenters. The second kappa shape index (κ2) is 7.52. The summed E-state index contributed by atoms with van der Waals surface area (Å²) >= 11 is 1.56. The lowest BCUT2D eigenvalue weighted by Gasteiger charge is -2.08. The van der Waals surface area contributed by atoms with Gasteiger partial charge in [0.15, 0.2) is 10.8 Å². The Balaban J connectivity index is 1.27. The topological polar surface area (TPSA) is 59.3 Å². The standard InChI is InChI=1S/C23H22N4OS/c1-15-13-21-25-26-23(27(21)20-8-3-2-7-19(15)20)29-12-11-22(28)24-18-10-9-16-5-4-6-17(16)14-18/h2-3,7-10,13-14H,4-6,11-12H2,1H3,(H,24,28). The summed E-state index contributed by atoms with van der Waals surface area (Å²) in [4.78, 5) is 12.4. The Morgan fingerprint density at radius 3 is 2.90 bits per heavy atom. The Labute approximate surface area is 173 Å². The molecular formula is C23H22N4OS. The van der Waals surface area contributed by atoms with E-state index in [1.165, 1.54) is 28.5 Å². The molecule has 29 heavy (non-hydrogen) atoms. The van der Waals surface area contributed by atoms with Crippen molar-refractivity contribution in [1.29, 1.82) is 0 Å². The maximum absolute atomic E-state index is 12.4. The van der Waals surface area contributed by atoms with Crippen LogP contribution in [-0.4, -0.2) is 26.3 Å². The largest absolute Gasteiger partial charge is 0.326 e. The molecule has 5 rings (SSSR count). The molecule has 0 bridgehead atoms. The third-order valence-corrected chi connectivity index (χ3v) is 6.45. The number of benzene rings is 2. The molecule has 146 valence electrons. The first-order valence-corrected chi connectivity index (χ1v) is 11.0. The number of carbonyl (C=O) groups is 1. The molecule has 4 aromatic rings. The van der Waals surface area contributed by atoms with Crippen LogP contribution >= 0.6 is 11.8 Å². The Kier molecular flexibility index (Phi) is 4.72. The van der Waals surface area contributed by atoms with Crippen LogP contribution in [-0.2, 0) is 17.6 Å². The van der Waals surface area contributed by atoms with E-state index in [-0.39, 0.29) is 5.91 Å². The van der Waals surface area contributed by atoms with Gasteiger partial charge in [-0.3, -0.25) is 9.20 Å². The van der Waals surface area contributed by atoms with Gasteiger partial charge in [0.2, 0.25) is 5.91 Å². The minimum Gasteiger partial charge on any atom is -0.326 e. The number of thioether (sulfide) groups is 1.